The second kappa shape index (κ2) is 8.46. The lowest BCUT2D eigenvalue weighted by Gasteiger charge is -2.09. The summed E-state index contributed by atoms with van der Waals surface area (Å²) >= 11 is 0. The van der Waals surface area contributed by atoms with Crippen LogP contribution in [0, 0.1) is 13.8 Å². The molecule has 0 spiro atoms. The van der Waals surface area contributed by atoms with Crippen molar-refractivity contribution in [2.45, 2.75) is 27.3 Å². The van der Waals surface area contributed by atoms with E-state index in [2.05, 4.69) is 20.7 Å². The second-order valence-corrected chi connectivity index (χ2v) is 7.55. The monoisotopic (exact) mass is 430 g/mol. The Morgan fingerprint density at radius 1 is 0.969 bits per heavy atom. The molecule has 9 heteroatoms. The van der Waals surface area contributed by atoms with Gasteiger partial charge in [-0.15, -0.1) is 0 Å². The van der Waals surface area contributed by atoms with E-state index in [0.717, 1.165) is 16.8 Å². The van der Waals surface area contributed by atoms with E-state index in [4.69, 9.17) is 0 Å². The van der Waals surface area contributed by atoms with Gasteiger partial charge in [0.1, 0.15) is 18.3 Å². The Morgan fingerprint density at radius 3 is 2.31 bits per heavy atom. The molecular weight excluding hydrogens is 408 g/mol. The summed E-state index contributed by atoms with van der Waals surface area (Å²) in [6.45, 7) is 5.27. The summed E-state index contributed by atoms with van der Waals surface area (Å²) in [5.74, 6) is -0.549. The molecule has 2 N–H and O–H groups in total. The Bertz CT molecular complexity index is 1390. The minimum Gasteiger partial charge on any atom is -0.326 e. The largest absolute Gasteiger partial charge is 0.326 e. The van der Waals surface area contributed by atoms with Gasteiger partial charge in [-0.1, -0.05) is 6.07 Å². The average Bonchev–Trinajstić information content (AvgIpc) is 3.18. The minimum atomic E-state index is -0.373. The number of aryl methyl sites for hydroxylation is 2. The third kappa shape index (κ3) is 4.27. The van der Waals surface area contributed by atoms with Gasteiger partial charge in [-0.3, -0.25) is 19.0 Å². The molecule has 4 rings (SSSR count). The molecule has 2 heterocycles. The van der Waals surface area contributed by atoms with Crippen molar-refractivity contribution in [3.8, 4) is 5.69 Å². The van der Waals surface area contributed by atoms with Crippen molar-refractivity contribution in [1.82, 2.24) is 19.3 Å². The number of carbonyl (C=O) groups excluding carboxylic acids is 2. The van der Waals surface area contributed by atoms with Gasteiger partial charge in [0, 0.05) is 18.3 Å². The van der Waals surface area contributed by atoms with Gasteiger partial charge in [-0.25, -0.2) is 9.67 Å². The number of rotatable bonds is 5. The van der Waals surface area contributed by atoms with Crippen LogP contribution in [0.2, 0.25) is 0 Å². The van der Waals surface area contributed by atoms with Gasteiger partial charge >= 0.3 is 0 Å². The summed E-state index contributed by atoms with van der Waals surface area (Å²) in [7, 11) is 0. The Hall–Kier alpha value is -4.27. The Balaban J connectivity index is 1.53. The van der Waals surface area contributed by atoms with E-state index in [1.807, 2.05) is 32.0 Å². The van der Waals surface area contributed by atoms with Crippen molar-refractivity contribution < 1.29 is 9.59 Å². The number of anilines is 2. The summed E-state index contributed by atoms with van der Waals surface area (Å²) in [5.41, 5.74) is 4.35. The highest BCUT2D eigenvalue weighted by Gasteiger charge is 2.14. The predicted molar refractivity (Wildman–Crippen MR) is 122 cm³/mol. The second-order valence-electron chi connectivity index (χ2n) is 7.55. The molecule has 0 atom stereocenters. The SMILES string of the molecule is CC(=O)Nc1ccc(NC(=O)Cn2cnc3c(cnn3-c3ccc(C)c(C)c3)c2=O)cc1. The molecule has 0 aliphatic heterocycles. The molecule has 0 saturated heterocycles. The van der Waals surface area contributed by atoms with Gasteiger partial charge in [0.25, 0.3) is 5.56 Å². The predicted octanol–water partition coefficient (Wildman–Crippen LogP) is 2.80. The number of benzene rings is 2. The molecule has 9 nitrogen and oxygen atoms in total. The molecule has 0 aliphatic rings. The maximum absolute atomic E-state index is 12.9. The molecule has 2 aromatic carbocycles. The topological polar surface area (TPSA) is 111 Å². The van der Waals surface area contributed by atoms with Crippen LogP contribution in [0.25, 0.3) is 16.7 Å². The van der Waals surface area contributed by atoms with Crippen molar-refractivity contribution in [1.29, 1.82) is 0 Å². The summed E-state index contributed by atoms with van der Waals surface area (Å²) in [6, 6.07) is 12.6. The molecule has 0 bridgehead atoms. The fraction of sp³-hybridized carbons (Fsp3) is 0.174. The minimum absolute atomic E-state index is 0.176. The van der Waals surface area contributed by atoms with Gasteiger partial charge < -0.3 is 10.6 Å². The van der Waals surface area contributed by atoms with Gasteiger partial charge in [-0.05, 0) is 61.4 Å². The number of nitrogens with one attached hydrogen (secondary N) is 2. The van der Waals surface area contributed by atoms with Crippen LogP contribution in [-0.4, -0.2) is 31.1 Å². The fourth-order valence-electron chi connectivity index (χ4n) is 3.30. The van der Waals surface area contributed by atoms with Crippen molar-refractivity contribution in [2.75, 3.05) is 10.6 Å². The quantitative estimate of drug-likeness (QED) is 0.506. The summed E-state index contributed by atoms with van der Waals surface area (Å²) in [6.07, 6.45) is 2.82. The zero-order valence-electron chi connectivity index (χ0n) is 17.9. The van der Waals surface area contributed by atoms with Crippen LogP contribution in [0.4, 0.5) is 11.4 Å². The number of nitrogens with zero attached hydrogens (tertiary/aromatic N) is 4. The fourth-order valence-corrected chi connectivity index (χ4v) is 3.30. The normalized spacial score (nSPS) is 10.8. The van der Waals surface area contributed by atoms with Gasteiger partial charge in [0.15, 0.2) is 5.65 Å². The molecular formula is C23H22N6O3. The maximum Gasteiger partial charge on any atom is 0.264 e. The maximum atomic E-state index is 12.9. The third-order valence-corrected chi connectivity index (χ3v) is 5.09. The van der Waals surface area contributed by atoms with Gasteiger partial charge in [-0.2, -0.15) is 5.10 Å². The number of carbonyl (C=O) groups is 2. The van der Waals surface area contributed by atoms with Crippen LogP contribution in [-0.2, 0) is 16.1 Å². The highest BCUT2D eigenvalue weighted by atomic mass is 16.2. The van der Waals surface area contributed by atoms with Crippen LogP contribution in [0.1, 0.15) is 18.1 Å². The van der Waals surface area contributed by atoms with Crippen molar-refractivity contribution >= 4 is 34.2 Å². The van der Waals surface area contributed by atoms with Crippen molar-refractivity contribution in [3.05, 3.63) is 76.5 Å². The standard InChI is InChI=1S/C23H22N6O3/c1-14-4-9-19(10-15(14)2)29-22-20(11-25-29)23(32)28(13-24-22)12-21(31)27-18-7-5-17(6-8-18)26-16(3)30/h4-11,13H,12H2,1-3H3,(H,26,30)(H,27,31). The number of fused-ring (bicyclic) bond motifs is 1. The summed E-state index contributed by atoms with van der Waals surface area (Å²) in [5, 5.41) is 10.0. The number of amides is 2. The first kappa shape index (κ1) is 21.0. The molecule has 0 saturated carbocycles. The average molecular weight is 430 g/mol. The van der Waals surface area contributed by atoms with Gasteiger partial charge in [0.2, 0.25) is 11.8 Å². The van der Waals surface area contributed by atoms with Gasteiger partial charge in [0.05, 0.1) is 11.9 Å². The molecule has 0 fully saturated rings. The first-order valence-electron chi connectivity index (χ1n) is 10.00. The van der Waals surface area contributed by atoms with Crippen molar-refractivity contribution in [3.63, 3.8) is 0 Å². The molecule has 162 valence electrons. The summed E-state index contributed by atoms with van der Waals surface area (Å²) in [4.78, 5) is 40.8. The highest BCUT2D eigenvalue weighted by molar-refractivity contribution is 5.92. The smallest absolute Gasteiger partial charge is 0.264 e. The number of aromatic nitrogens is 4. The zero-order valence-corrected chi connectivity index (χ0v) is 17.9. The first-order chi connectivity index (χ1) is 15.3. The number of hydrogen-bond acceptors (Lipinski definition) is 5. The van der Waals surface area contributed by atoms with E-state index < -0.39 is 0 Å². The molecule has 0 radical (unpaired) electrons. The van der Waals surface area contributed by atoms with Crippen LogP contribution in [0.5, 0.6) is 0 Å². The Kier molecular flexibility index (Phi) is 5.55. The van der Waals surface area contributed by atoms with E-state index >= 15 is 0 Å². The van der Waals surface area contributed by atoms with E-state index in [0.29, 0.717) is 22.4 Å². The molecule has 32 heavy (non-hydrogen) atoms. The molecule has 2 amide bonds. The van der Waals surface area contributed by atoms with E-state index in [-0.39, 0.29) is 23.9 Å². The van der Waals surface area contributed by atoms with E-state index in [1.165, 1.54) is 24.0 Å². The molecule has 0 unspecified atom stereocenters. The molecule has 4 aromatic rings. The van der Waals surface area contributed by atoms with E-state index in [1.54, 1.807) is 28.9 Å². The Morgan fingerprint density at radius 2 is 1.66 bits per heavy atom. The Labute approximate surface area is 183 Å². The first-order valence-corrected chi connectivity index (χ1v) is 10.00. The van der Waals surface area contributed by atoms with E-state index in [9.17, 15) is 14.4 Å². The third-order valence-electron chi connectivity index (χ3n) is 5.09. The summed E-state index contributed by atoms with van der Waals surface area (Å²) < 4.78 is 2.86. The highest BCUT2D eigenvalue weighted by Crippen LogP contribution is 2.17. The lowest BCUT2D eigenvalue weighted by atomic mass is 10.1. The lowest BCUT2D eigenvalue weighted by molar-refractivity contribution is -0.117. The number of hydrogen-bond donors (Lipinski definition) is 2. The lowest BCUT2D eigenvalue weighted by Crippen LogP contribution is -2.27. The molecule has 2 aromatic heterocycles. The van der Waals surface area contributed by atoms with Crippen LogP contribution < -0.4 is 16.2 Å². The van der Waals surface area contributed by atoms with Crippen LogP contribution in [0.3, 0.4) is 0 Å². The van der Waals surface area contributed by atoms with Crippen LogP contribution >= 0.6 is 0 Å². The zero-order chi connectivity index (χ0) is 22.8. The van der Waals surface area contributed by atoms with Crippen LogP contribution in [0.15, 0.2) is 59.8 Å². The van der Waals surface area contributed by atoms with Crippen molar-refractivity contribution in [2.24, 2.45) is 0 Å². The molecule has 0 aliphatic carbocycles.